The summed E-state index contributed by atoms with van der Waals surface area (Å²) in [7, 11) is 0. The van der Waals surface area contributed by atoms with E-state index in [1.807, 2.05) is 48.6 Å². The Morgan fingerprint density at radius 1 is 0.875 bits per heavy atom. The van der Waals surface area contributed by atoms with Crippen LogP contribution in [0.1, 0.15) is 28.3 Å². The predicted molar refractivity (Wildman–Crippen MR) is 92.9 cm³/mol. The van der Waals surface area contributed by atoms with E-state index in [-0.39, 0.29) is 18.1 Å². The van der Waals surface area contributed by atoms with Crippen molar-refractivity contribution in [3.8, 4) is 0 Å². The Labute approximate surface area is 141 Å². The van der Waals surface area contributed by atoms with Crippen LogP contribution in [0.15, 0.2) is 85.0 Å². The minimum absolute atomic E-state index is 0.0525. The highest BCUT2D eigenvalue weighted by Crippen LogP contribution is 2.37. The lowest BCUT2D eigenvalue weighted by Gasteiger charge is -2.28. The third-order valence-corrected chi connectivity index (χ3v) is 4.29. The summed E-state index contributed by atoms with van der Waals surface area (Å²) in [6.07, 6.45) is 7.07. The van der Waals surface area contributed by atoms with Gasteiger partial charge in [0.2, 0.25) is 0 Å². The van der Waals surface area contributed by atoms with Crippen molar-refractivity contribution in [1.29, 1.82) is 0 Å². The molecule has 2 aromatic rings. The van der Waals surface area contributed by atoms with Crippen LogP contribution in [0.4, 0.5) is 0 Å². The van der Waals surface area contributed by atoms with Gasteiger partial charge in [-0.1, -0.05) is 85.0 Å². The van der Waals surface area contributed by atoms with Crippen molar-refractivity contribution < 1.29 is 14.7 Å². The maximum Gasteiger partial charge on any atom is 0.305 e. The molecule has 0 radical (unpaired) electrons. The predicted octanol–water partition coefficient (Wildman–Crippen LogP) is 4.24. The van der Waals surface area contributed by atoms with E-state index in [0.717, 1.165) is 5.56 Å². The molecule has 1 aliphatic rings. The molecule has 0 saturated heterocycles. The van der Waals surface area contributed by atoms with Crippen LogP contribution < -0.4 is 0 Å². The molecule has 0 fully saturated rings. The van der Waals surface area contributed by atoms with Gasteiger partial charge in [0.25, 0.3) is 0 Å². The number of carboxylic acid groups (broad SMARTS) is 1. The largest absolute Gasteiger partial charge is 0.481 e. The summed E-state index contributed by atoms with van der Waals surface area (Å²) in [5.74, 6) is -1.13. The number of Topliss-reactive ketones (excluding diaryl/α,β-unsaturated/α-hetero) is 1. The van der Waals surface area contributed by atoms with E-state index in [1.54, 1.807) is 36.4 Å². The summed E-state index contributed by atoms with van der Waals surface area (Å²) in [5.41, 5.74) is 0.505. The van der Waals surface area contributed by atoms with Gasteiger partial charge < -0.3 is 5.11 Å². The lowest BCUT2D eigenvalue weighted by atomic mass is 9.73. The molecular weight excluding hydrogens is 300 g/mol. The summed E-state index contributed by atoms with van der Waals surface area (Å²) >= 11 is 0. The Morgan fingerprint density at radius 3 is 1.96 bits per heavy atom. The Morgan fingerprint density at radius 2 is 1.42 bits per heavy atom. The number of rotatable bonds is 5. The number of allylic oxidation sites excluding steroid dienone is 4. The Kier molecular flexibility index (Phi) is 4.43. The van der Waals surface area contributed by atoms with Gasteiger partial charge in [0.15, 0.2) is 5.78 Å². The standard InChI is InChI=1S/C21H18O3/c22-19(23)15-21(20(24)18-9-5-2-6-10-18)13-11-17(12-14-21)16-7-3-1-4-8-16/h1-14,17H,15H2,(H,22,23). The highest BCUT2D eigenvalue weighted by molar-refractivity contribution is 6.05. The molecule has 0 amide bonds. The van der Waals surface area contributed by atoms with E-state index < -0.39 is 11.4 Å². The first-order valence-electron chi connectivity index (χ1n) is 7.86. The molecule has 3 nitrogen and oxygen atoms in total. The Hall–Kier alpha value is -2.94. The van der Waals surface area contributed by atoms with Crippen molar-refractivity contribution >= 4 is 11.8 Å². The summed E-state index contributed by atoms with van der Waals surface area (Å²) in [6.45, 7) is 0. The molecule has 24 heavy (non-hydrogen) atoms. The second-order valence-corrected chi connectivity index (χ2v) is 5.96. The van der Waals surface area contributed by atoms with Crippen LogP contribution in [-0.4, -0.2) is 16.9 Å². The molecule has 1 aliphatic carbocycles. The van der Waals surface area contributed by atoms with Crippen LogP contribution in [-0.2, 0) is 4.79 Å². The summed E-state index contributed by atoms with van der Waals surface area (Å²) < 4.78 is 0. The maximum atomic E-state index is 12.9. The summed E-state index contributed by atoms with van der Waals surface area (Å²) in [5, 5.41) is 9.29. The van der Waals surface area contributed by atoms with Crippen LogP contribution in [0.5, 0.6) is 0 Å². The first kappa shape index (κ1) is 15.9. The Bertz CT molecular complexity index is 774. The van der Waals surface area contributed by atoms with Gasteiger partial charge in [-0.3, -0.25) is 9.59 Å². The van der Waals surface area contributed by atoms with Crippen LogP contribution in [0.3, 0.4) is 0 Å². The molecule has 3 heteroatoms. The van der Waals surface area contributed by atoms with Crippen molar-refractivity contribution in [3.63, 3.8) is 0 Å². The van der Waals surface area contributed by atoms with E-state index in [9.17, 15) is 14.7 Å². The molecule has 1 N–H and O–H groups in total. The molecule has 0 unspecified atom stereocenters. The molecule has 120 valence electrons. The molecule has 0 spiro atoms. The van der Waals surface area contributed by atoms with E-state index in [2.05, 4.69) is 0 Å². The molecule has 2 aromatic carbocycles. The highest BCUT2D eigenvalue weighted by atomic mass is 16.4. The average Bonchev–Trinajstić information content (AvgIpc) is 2.62. The van der Waals surface area contributed by atoms with Gasteiger partial charge in [-0.15, -0.1) is 0 Å². The van der Waals surface area contributed by atoms with E-state index in [1.165, 1.54) is 0 Å². The number of aliphatic carboxylic acids is 1. The van der Waals surface area contributed by atoms with Gasteiger partial charge >= 0.3 is 5.97 Å². The lowest BCUT2D eigenvalue weighted by molar-refractivity contribution is -0.138. The molecule has 0 aliphatic heterocycles. The second-order valence-electron chi connectivity index (χ2n) is 5.96. The molecule has 0 saturated carbocycles. The normalized spacial score (nSPS) is 22.2. The number of hydrogen-bond donors (Lipinski definition) is 1. The number of carboxylic acids is 1. The Balaban J connectivity index is 1.93. The van der Waals surface area contributed by atoms with Crippen molar-refractivity contribution in [3.05, 3.63) is 96.1 Å². The van der Waals surface area contributed by atoms with Crippen LogP contribution >= 0.6 is 0 Å². The second kappa shape index (κ2) is 6.67. The molecule has 0 atom stereocenters. The fourth-order valence-electron chi connectivity index (χ4n) is 3.03. The van der Waals surface area contributed by atoms with Gasteiger partial charge in [-0.05, 0) is 5.56 Å². The zero-order chi connectivity index (χ0) is 17.0. The van der Waals surface area contributed by atoms with Crippen molar-refractivity contribution in [2.45, 2.75) is 12.3 Å². The van der Waals surface area contributed by atoms with Gasteiger partial charge in [-0.25, -0.2) is 0 Å². The SMILES string of the molecule is O=C(O)CC1(C(=O)c2ccccc2)C=CC(c2ccccc2)C=C1. The zero-order valence-electron chi connectivity index (χ0n) is 13.1. The monoisotopic (exact) mass is 318 g/mol. The first-order chi connectivity index (χ1) is 11.6. The number of ketones is 1. The highest BCUT2D eigenvalue weighted by Gasteiger charge is 2.38. The van der Waals surface area contributed by atoms with Gasteiger partial charge in [-0.2, -0.15) is 0 Å². The number of carbonyl (C=O) groups excluding carboxylic acids is 1. The topological polar surface area (TPSA) is 54.4 Å². The van der Waals surface area contributed by atoms with Crippen molar-refractivity contribution in [2.75, 3.05) is 0 Å². The number of hydrogen-bond acceptors (Lipinski definition) is 2. The fraction of sp³-hybridized carbons (Fsp3) is 0.143. The van der Waals surface area contributed by atoms with Crippen molar-refractivity contribution in [2.24, 2.45) is 5.41 Å². The number of carbonyl (C=O) groups is 2. The minimum Gasteiger partial charge on any atom is -0.481 e. The summed E-state index contributed by atoms with van der Waals surface area (Å²) in [6, 6.07) is 18.7. The molecule has 0 heterocycles. The molecule has 0 aromatic heterocycles. The van der Waals surface area contributed by atoms with E-state index in [4.69, 9.17) is 0 Å². The van der Waals surface area contributed by atoms with Gasteiger partial charge in [0.1, 0.15) is 0 Å². The van der Waals surface area contributed by atoms with Gasteiger partial charge in [0, 0.05) is 11.5 Å². The quantitative estimate of drug-likeness (QED) is 0.662. The third-order valence-electron chi connectivity index (χ3n) is 4.29. The van der Waals surface area contributed by atoms with E-state index >= 15 is 0 Å². The average molecular weight is 318 g/mol. The molecular formula is C21H18O3. The maximum absolute atomic E-state index is 12.9. The van der Waals surface area contributed by atoms with Crippen LogP contribution in [0.2, 0.25) is 0 Å². The minimum atomic E-state index is -1.13. The van der Waals surface area contributed by atoms with Gasteiger partial charge in [0.05, 0.1) is 11.8 Å². The smallest absolute Gasteiger partial charge is 0.305 e. The fourth-order valence-corrected chi connectivity index (χ4v) is 3.03. The van der Waals surface area contributed by atoms with Crippen LogP contribution in [0.25, 0.3) is 0 Å². The van der Waals surface area contributed by atoms with E-state index in [0.29, 0.717) is 5.56 Å². The molecule has 0 bridgehead atoms. The lowest BCUT2D eigenvalue weighted by Crippen LogP contribution is -2.31. The molecule has 3 rings (SSSR count). The van der Waals surface area contributed by atoms with Crippen molar-refractivity contribution in [1.82, 2.24) is 0 Å². The summed E-state index contributed by atoms with van der Waals surface area (Å²) in [4.78, 5) is 24.3. The first-order valence-corrected chi connectivity index (χ1v) is 7.86. The third kappa shape index (κ3) is 3.20. The zero-order valence-corrected chi connectivity index (χ0v) is 13.1. The van der Waals surface area contributed by atoms with Crippen LogP contribution in [0, 0.1) is 5.41 Å². The number of benzene rings is 2.